The van der Waals surface area contributed by atoms with Crippen molar-refractivity contribution in [1.29, 1.82) is 0 Å². The van der Waals surface area contributed by atoms with E-state index in [4.69, 9.17) is 4.42 Å². The Hall–Kier alpha value is -2.12. The van der Waals surface area contributed by atoms with Crippen LogP contribution in [0.2, 0.25) is 0 Å². The number of aldehydes is 1. The Kier molecular flexibility index (Phi) is 3.68. The third-order valence-corrected chi connectivity index (χ3v) is 2.38. The number of aromatic nitrogens is 2. The molecule has 8 heteroatoms. The highest BCUT2D eigenvalue weighted by Crippen LogP contribution is 2.25. The lowest BCUT2D eigenvalue weighted by Gasteiger charge is -2.04. The van der Waals surface area contributed by atoms with E-state index < -0.39 is 24.2 Å². The molecule has 4 nitrogen and oxygen atoms in total. The van der Waals surface area contributed by atoms with E-state index in [9.17, 15) is 22.4 Å². The quantitative estimate of drug-likeness (QED) is 0.622. The summed E-state index contributed by atoms with van der Waals surface area (Å²) in [6.45, 7) is -0.250. The van der Waals surface area contributed by atoms with E-state index in [0.717, 1.165) is 4.68 Å². The van der Waals surface area contributed by atoms with Crippen molar-refractivity contribution in [1.82, 2.24) is 9.78 Å². The number of rotatable bonds is 5. The molecule has 0 aliphatic heterocycles. The Morgan fingerprint density at radius 1 is 1.26 bits per heavy atom. The van der Waals surface area contributed by atoms with Crippen LogP contribution in [-0.2, 0) is 6.54 Å². The Morgan fingerprint density at radius 3 is 2.53 bits per heavy atom. The first kappa shape index (κ1) is 13.3. The smallest absolute Gasteiger partial charge is 0.282 e. The molecule has 2 aromatic rings. The van der Waals surface area contributed by atoms with Gasteiger partial charge in [0.05, 0.1) is 6.54 Å². The molecule has 2 aromatic heterocycles. The molecular weight excluding hydrogens is 268 g/mol. The first-order valence-corrected chi connectivity index (χ1v) is 5.19. The lowest BCUT2D eigenvalue weighted by molar-refractivity contribution is 0.109. The highest BCUT2D eigenvalue weighted by Gasteiger charge is 2.21. The number of nitrogens with zero attached hydrogens (tertiary/aromatic N) is 2. The fourth-order valence-electron chi connectivity index (χ4n) is 1.55. The normalized spacial score (nSPS) is 11.5. The molecule has 2 heterocycles. The second kappa shape index (κ2) is 5.25. The molecule has 0 atom stereocenters. The van der Waals surface area contributed by atoms with Gasteiger partial charge in [-0.2, -0.15) is 5.10 Å². The summed E-state index contributed by atoms with van der Waals surface area (Å²) in [5, 5.41) is 3.40. The SMILES string of the molecule is O=Cc1ccc(Cn2nc(C(F)F)cc2C(F)F)o1. The highest BCUT2D eigenvalue weighted by atomic mass is 19.3. The first-order valence-electron chi connectivity index (χ1n) is 5.19. The molecule has 2 rings (SSSR count). The maximum absolute atomic E-state index is 12.7. The minimum atomic E-state index is -2.93. The minimum absolute atomic E-state index is 0.0230. The second-order valence-corrected chi connectivity index (χ2v) is 3.68. The van der Waals surface area contributed by atoms with Crippen molar-refractivity contribution >= 4 is 6.29 Å². The molecule has 19 heavy (non-hydrogen) atoms. The van der Waals surface area contributed by atoms with Gasteiger partial charge in [0.1, 0.15) is 17.1 Å². The summed E-state index contributed by atoms with van der Waals surface area (Å²) >= 11 is 0. The Balaban J connectivity index is 2.29. The zero-order valence-corrected chi connectivity index (χ0v) is 9.39. The van der Waals surface area contributed by atoms with Gasteiger partial charge < -0.3 is 4.42 Å². The predicted molar refractivity (Wildman–Crippen MR) is 55.3 cm³/mol. The van der Waals surface area contributed by atoms with E-state index in [-0.39, 0.29) is 18.1 Å². The van der Waals surface area contributed by atoms with E-state index >= 15 is 0 Å². The summed E-state index contributed by atoms with van der Waals surface area (Å²) in [5.41, 5.74) is -1.35. The molecule has 0 saturated heterocycles. The first-order chi connectivity index (χ1) is 9.01. The molecule has 102 valence electrons. The zero-order chi connectivity index (χ0) is 14.0. The van der Waals surface area contributed by atoms with Crippen molar-refractivity contribution in [2.45, 2.75) is 19.4 Å². The minimum Gasteiger partial charge on any atom is -0.456 e. The van der Waals surface area contributed by atoms with Crippen LogP contribution in [0, 0.1) is 0 Å². The van der Waals surface area contributed by atoms with Crippen molar-refractivity contribution in [3.63, 3.8) is 0 Å². The molecule has 0 aromatic carbocycles. The van der Waals surface area contributed by atoms with Gasteiger partial charge in [-0.3, -0.25) is 9.48 Å². The Labute approximate surface area is 104 Å². The van der Waals surface area contributed by atoms with Crippen LogP contribution in [0.5, 0.6) is 0 Å². The lowest BCUT2D eigenvalue weighted by atomic mass is 10.3. The third kappa shape index (κ3) is 2.83. The van der Waals surface area contributed by atoms with E-state index in [0.29, 0.717) is 12.4 Å². The van der Waals surface area contributed by atoms with Crippen LogP contribution in [0.15, 0.2) is 22.6 Å². The number of halogens is 4. The summed E-state index contributed by atoms with van der Waals surface area (Å²) in [6, 6.07) is 3.39. The lowest BCUT2D eigenvalue weighted by Crippen LogP contribution is -2.06. The van der Waals surface area contributed by atoms with Crippen molar-refractivity contribution < 1.29 is 26.8 Å². The molecule has 0 saturated carbocycles. The van der Waals surface area contributed by atoms with Gasteiger partial charge in [-0.1, -0.05) is 0 Å². The molecule has 0 radical (unpaired) electrons. The summed E-state index contributed by atoms with van der Waals surface area (Å²) in [6.07, 6.45) is -5.41. The number of carbonyl (C=O) groups is 1. The van der Waals surface area contributed by atoms with Crippen LogP contribution < -0.4 is 0 Å². The molecule has 0 fully saturated rings. The molecular formula is C11H8F4N2O2. The van der Waals surface area contributed by atoms with Crippen molar-refractivity contribution in [3.8, 4) is 0 Å². The fourth-order valence-corrected chi connectivity index (χ4v) is 1.55. The van der Waals surface area contributed by atoms with Crippen molar-refractivity contribution in [3.05, 3.63) is 41.1 Å². The molecule has 0 unspecified atom stereocenters. The molecule has 0 aliphatic carbocycles. The molecule has 0 spiro atoms. The van der Waals surface area contributed by atoms with Crippen LogP contribution >= 0.6 is 0 Å². The van der Waals surface area contributed by atoms with Crippen LogP contribution in [-0.4, -0.2) is 16.1 Å². The Bertz CT molecular complexity index is 577. The number of alkyl halides is 4. The zero-order valence-electron chi connectivity index (χ0n) is 9.39. The van der Waals surface area contributed by atoms with E-state index in [2.05, 4.69) is 5.10 Å². The monoisotopic (exact) mass is 276 g/mol. The van der Waals surface area contributed by atoms with Gasteiger partial charge in [-0.15, -0.1) is 0 Å². The largest absolute Gasteiger partial charge is 0.456 e. The second-order valence-electron chi connectivity index (χ2n) is 3.68. The topological polar surface area (TPSA) is 48.0 Å². The molecule has 0 N–H and O–H groups in total. The predicted octanol–water partition coefficient (Wildman–Crippen LogP) is 3.21. The van der Waals surface area contributed by atoms with Crippen LogP contribution in [0.4, 0.5) is 17.6 Å². The standard InChI is InChI=1S/C11H8F4N2O2/c12-10(13)8-3-9(11(14)15)17(16-8)4-6-1-2-7(5-18)19-6/h1-3,5,10-11H,4H2. The average Bonchev–Trinajstić information content (AvgIpc) is 2.96. The fraction of sp³-hybridized carbons (Fsp3) is 0.273. The van der Waals surface area contributed by atoms with Crippen molar-refractivity contribution in [2.75, 3.05) is 0 Å². The highest BCUT2D eigenvalue weighted by molar-refractivity contribution is 5.70. The number of hydrogen-bond acceptors (Lipinski definition) is 3. The van der Waals surface area contributed by atoms with Gasteiger partial charge in [-0.25, -0.2) is 17.6 Å². The number of hydrogen-bond donors (Lipinski definition) is 0. The van der Waals surface area contributed by atoms with Crippen molar-refractivity contribution in [2.24, 2.45) is 0 Å². The molecule has 0 aliphatic rings. The molecule has 0 bridgehead atoms. The van der Waals surface area contributed by atoms with Gasteiger partial charge in [0.2, 0.25) is 0 Å². The van der Waals surface area contributed by atoms with E-state index in [1.54, 1.807) is 0 Å². The van der Waals surface area contributed by atoms with E-state index in [1.807, 2.05) is 0 Å². The van der Waals surface area contributed by atoms with Crippen LogP contribution in [0.1, 0.15) is 40.6 Å². The molecule has 0 amide bonds. The van der Waals surface area contributed by atoms with Gasteiger partial charge >= 0.3 is 0 Å². The average molecular weight is 276 g/mol. The summed E-state index contributed by atoms with van der Waals surface area (Å²) in [4.78, 5) is 10.4. The number of carbonyl (C=O) groups excluding carboxylic acids is 1. The maximum Gasteiger partial charge on any atom is 0.282 e. The third-order valence-electron chi connectivity index (χ3n) is 2.38. The number of furan rings is 1. The van der Waals surface area contributed by atoms with E-state index in [1.165, 1.54) is 12.1 Å². The van der Waals surface area contributed by atoms with Gasteiger partial charge in [-0.05, 0) is 18.2 Å². The summed E-state index contributed by atoms with van der Waals surface area (Å²) < 4.78 is 55.9. The van der Waals surface area contributed by atoms with Gasteiger partial charge in [0.25, 0.3) is 12.9 Å². The Morgan fingerprint density at radius 2 is 2.00 bits per heavy atom. The summed E-state index contributed by atoms with van der Waals surface area (Å²) in [7, 11) is 0. The van der Waals surface area contributed by atoms with Gasteiger partial charge in [0, 0.05) is 0 Å². The summed E-state index contributed by atoms with van der Waals surface area (Å²) in [5.74, 6) is 0.197. The van der Waals surface area contributed by atoms with Gasteiger partial charge in [0.15, 0.2) is 12.0 Å². The maximum atomic E-state index is 12.7. The van der Waals surface area contributed by atoms with Crippen LogP contribution in [0.3, 0.4) is 0 Å². The van der Waals surface area contributed by atoms with Crippen LogP contribution in [0.25, 0.3) is 0 Å².